The van der Waals surface area contributed by atoms with E-state index in [0.717, 1.165) is 5.56 Å². The first-order chi connectivity index (χ1) is 12.7. The van der Waals surface area contributed by atoms with E-state index in [0.29, 0.717) is 6.42 Å². The fraction of sp³-hybridized carbons (Fsp3) is 0.368. The third kappa shape index (κ3) is 4.75. The average Bonchev–Trinajstić information content (AvgIpc) is 2.61. The second-order valence-corrected chi connectivity index (χ2v) is 8.92. The zero-order chi connectivity index (χ0) is 19.7. The van der Waals surface area contributed by atoms with E-state index in [2.05, 4.69) is 20.8 Å². The minimum absolute atomic E-state index is 0.0450. The van der Waals surface area contributed by atoms with Gasteiger partial charge >= 0.3 is 7.82 Å². The van der Waals surface area contributed by atoms with Crippen molar-refractivity contribution in [3.8, 4) is 5.75 Å². The van der Waals surface area contributed by atoms with Gasteiger partial charge in [0, 0.05) is 18.6 Å². The smallest absolute Gasteiger partial charge is 0.404 e. The highest BCUT2D eigenvalue weighted by atomic mass is 31.2. The molecule has 1 saturated heterocycles. The van der Waals surface area contributed by atoms with Crippen LogP contribution in [-0.2, 0) is 19.0 Å². The molecule has 0 aromatic heterocycles. The van der Waals surface area contributed by atoms with Crippen molar-refractivity contribution in [2.24, 2.45) is 0 Å². The van der Waals surface area contributed by atoms with Crippen LogP contribution in [0.1, 0.15) is 44.4 Å². The summed E-state index contributed by atoms with van der Waals surface area (Å²) in [5.74, 6) is 0.188. The molecule has 0 radical (unpaired) electrons. The van der Waals surface area contributed by atoms with Gasteiger partial charge in [-0.1, -0.05) is 45.0 Å². The highest BCUT2D eigenvalue weighted by Crippen LogP contribution is 2.56. The van der Waals surface area contributed by atoms with Gasteiger partial charge in [0.25, 0.3) is 5.69 Å². The summed E-state index contributed by atoms with van der Waals surface area (Å²) in [4.78, 5) is 10.2. The third-order valence-corrected chi connectivity index (χ3v) is 5.74. The van der Waals surface area contributed by atoms with E-state index in [1.807, 2.05) is 24.3 Å². The molecule has 1 aliphatic heterocycles. The lowest BCUT2D eigenvalue weighted by molar-refractivity contribution is -0.384. The molecule has 8 heteroatoms. The molecule has 1 heterocycles. The summed E-state index contributed by atoms with van der Waals surface area (Å²) in [5, 5.41) is 10.7. The van der Waals surface area contributed by atoms with Crippen molar-refractivity contribution >= 4 is 13.5 Å². The van der Waals surface area contributed by atoms with E-state index in [1.54, 1.807) is 0 Å². The molecule has 0 aliphatic carbocycles. The minimum atomic E-state index is -3.81. The van der Waals surface area contributed by atoms with Crippen LogP contribution in [0.2, 0.25) is 0 Å². The lowest BCUT2D eigenvalue weighted by atomic mass is 9.86. The molecule has 27 heavy (non-hydrogen) atoms. The summed E-state index contributed by atoms with van der Waals surface area (Å²) < 4.78 is 29.1. The van der Waals surface area contributed by atoms with Gasteiger partial charge in [0.2, 0.25) is 0 Å². The fourth-order valence-corrected chi connectivity index (χ4v) is 4.15. The van der Waals surface area contributed by atoms with Crippen LogP contribution >= 0.6 is 7.82 Å². The highest BCUT2D eigenvalue weighted by molar-refractivity contribution is 7.49. The Morgan fingerprint density at radius 3 is 2.30 bits per heavy atom. The van der Waals surface area contributed by atoms with Gasteiger partial charge in [0.1, 0.15) is 5.75 Å². The molecule has 0 bridgehead atoms. The molecule has 0 saturated carbocycles. The predicted octanol–water partition coefficient (Wildman–Crippen LogP) is 5.56. The molecule has 0 N–H and O–H groups in total. The van der Waals surface area contributed by atoms with Gasteiger partial charge in [-0.05, 0) is 28.7 Å². The molecule has 1 aliphatic rings. The van der Waals surface area contributed by atoms with Crippen molar-refractivity contribution in [1.29, 1.82) is 0 Å². The number of hydrogen-bond acceptors (Lipinski definition) is 6. The normalized spacial score (nSPS) is 23.0. The SMILES string of the molecule is CC(C)(C)c1ccc([C@@H]2CCO[P@@](=O)(Oc3ccc([N+](=O)[O-])cc3)O2)cc1. The van der Waals surface area contributed by atoms with E-state index in [9.17, 15) is 14.7 Å². The Bertz CT molecular complexity index is 857. The van der Waals surface area contributed by atoms with Crippen molar-refractivity contribution < 1.29 is 23.1 Å². The maximum atomic E-state index is 12.8. The van der Waals surface area contributed by atoms with Gasteiger partial charge < -0.3 is 4.52 Å². The Kier molecular flexibility index (Phi) is 5.38. The highest BCUT2D eigenvalue weighted by Gasteiger charge is 2.37. The standard InChI is InChI=1S/C19H22NO6P/c1-19(2,3)15-6-4-14(5-7-15)18-12-13-24-27(23,26-18)25-17-10-8-16(9-11-17)20(21)22/h4-11,18H,12-13H2,1-3H3/t18-,27-/m0/s1. The zero-order valence-corrected chi connectivity index (χ0v) is 16.3. The quantitative estimate of drug-likeness (QED) is 0.385. The number of benzene rings is 2. The van der Waals surface area contributed by atoms with Gasteiger partial charge in [-0.15, -0.1) is 0 Å². The number of phosphoric ester groups is 1. The number of nitro benzene ring substituents is 1. The Morgan fingerprint density at radius 2 is 1.74 bits per heavy atom. The topological polar surface area (TPSA) is 87.9 Å². The van der Waals surface area contributed by atoms with Crippen LogP contribution in [0.5, 0.6) is 5.75 Å². The van der Waals surface area contributed by atoms with Crippen LogP contribution in [0.15, 0.2) is 48.5 Å². The summed E-state index contributed by atoms with van der Waals surface area (Å²) in [7, 11) is -3.81. The summed E-state index contributed by atoms with van der Waals surface area (Å²) in [6, 6.07) is 13.3. The molecule has 2 aromatic carbocycles. The minimum Gasteiger partial charge on any atom is -0.404 e. The van der Waals surface area contributed by atoms with Gasteiger partial charge in [-0.25, -0.2) is 4.57 Å². The molecule has 0 amide bonds. The molecule has 144 valence electrons. The first-order valence-corrected chi connectivity index (χ1v) is 10.1. The average molecular weight is 391 g/mol. The number of nitrogens with zero attached hydrogens (tertiary/aromatic N) is 1. The molecule has 2 atom stereocenters. The molecular weight excluding hydrogens is 369 g/mol. The number of rotatable bonds is 4. The van der Waals surface area contributed by atoms with Crippen molar-refractivity contribution in [2.45, 2.75) is 38.7 Å². The Balaban J connectivity index is 1.72. The molecule has 3 rings (SSSR count). The Labute approximate surface area is 158 Å². The lowest BCUT2D eigenvalue weighted by Crippen LogP contribution is -2.17. The maximum Gasteiger partial charge on any atom is 0.530 e. The van der Waals surface area contributed by atoms with Crippen LogP contribution in [-0.4, -0.2) is 11.5 Å². The van der Waals surface area contributed by atoms with Gasteiger partial charge in [-0.2, -0.15) is 0 Å². The zero-order valence-electron chi connectivity index (χ0n) is 15.5. The lowest BCUT2D eigenvalue weighted by Gasteiger charge is -2.29. The van der Waals surface area contributed by atoms with Crippen LogP contribution < -0.4 is 4.52 Å². The number of phosphoric acid groups is 1. The van der Waals surface area contributed by atoms with Crippen LogP contribution in [0, 0.1) is 10.1 Å². The number of non-ortho nitro benzene ring substituents is 1. The second kappa shape index (κ2) is 7.43. The fourth-order valence-electron chi connectivity index (χ4n) is 2.74. The van der Waals surface area contributed by atoms with E-state index in [1.165, 1.54) is 29.8 Å². The summed E-state index contributed by atoms with van der Waals surface area (Å²) in [5.41, 5.74) is 2.06. The van der Waals surface area contributed by atoms with E-state index < -0.39 is 18.8 Å². The number of nitro groups is 1. The van der Waals surface area contributed by atoms with Gasteiger partial charge in [0.15, 0.2) is 0 Å². The third-order valence-electron chi connectivity index (χ3n) is 4.30. The summed E-state index contributed by atoms with van der Waals surface area (Å²) >= 11 is 0. The van der Waals surface area contributed by atoms with Crippen LogP contribution in [0.25, 0.3) is 0 Å². The van der Waals surface area contributed by atoms with E-state index in [-0.39, 0.29) is 23.5 Å². The van der Waals surface area contributed by atoms with Gasteiger partial charge in [-0.3, -0.25) is 19.2 Å². The molecule has 7 nitrogen and oxygen atoms in total. The van der Waals surface area contributed by atoms with Crippen LogP contribution in [0.3, 0.4) is 0 Å². The maximum absolute atomic E-state index is 12.8. The van der Waals surface area contributed by atoms with Crippen molar-refractivity contribution in [2.75, 3.05) is 6.61 Å². The number of hydrogen-bond donors (Lipinski definition) is 0. The molecular formula is C19H22NO6P. The monoisotopic (exact) mass is 391 g/mol. The molecule has 0 unspecified atom stereocenters. The van der Waals surface area contributed by atoms with Crippen molar-refractivity contribution in [3.63, 3.8) is 0 Å². The first kappa shape index (κ1) is 19.5. The molecule has 0 spiro atoms. The van der Waals surface area contributed by atoms with Gasteiger partial charge in [0.05, 0.1) is 17.6 Å². The Hall–Kier alpha value is -2.21. The predicted molar refractivity (Wildman–Crippen MR) is 101 cm³/mol. The van der Waals surface area contributed by atoms with Crippen molar-refractivity contribution in [1.82, 2.24) is 0 Å². The van der Waals surface area contributed by atoms with Crippen LogP contribution in [0.4, 0.5) is 5.69 Å². The summed E-state index contributed by atoms with van der Waals surface area (Å²) in [6.45, 7) is 6.65. The second-order valence-electron chi connectivity index (χ2n) is 7.38. The first-order valence-electron chi connectivity index (χ1n) is 8.64. The summed E-state index contributed by atoms with van der Waals surface area (Å²) in [6.07, 6.45) is 0.152. The van der Waals surface area contributed by atoms with E-state index >= 15 is 0 Å². The van der Waals surface area contributed by atoms with Crippen molar-refractivity contribution in [3.05, 3.63) is 69.8 Å². The Morgan fingerprint density at radius 1 is 1.11 bits per heavy atom. The molecule has 1 fully saturated rings. The largest absolute Gasteiger partial charge is 0.530 e. The van der Waals surface area contributed by atoms with E-state index in [4.69, 9.17) is 13.6 Å². The molecule has 2 aromatic rings.